The fraction of sp³-hybridized carbons (Fsp3) is 0.643. The van der Waals surface area contributed by atoms with Crippen molar-refractivity contribution in [1.29, 1.82) is 0 Å². The maximum Gasteiger partial charge on any atom is 0.265 e. The molecule has 1 spiro atoms. The smallest absolute Gasteiger partial charge is 0.265 e. The Morgan fingerprint density at radius 3 is 2.53 bits per heavy atom. The largest absolute Gasteiger partial charge is 0.338 e. The second kappa shape index (κ2) is 5.43. The van der Waals surface area contributed by atoms with Crippen molar-refractivity contribution in [2.45, 2.75) is 25.7 Å². The number of carbonyl (C=O) groups excluding carboxylic acids is 1. The highest BCUT2D eigenvalue weighted by atomic mass is 35.5. The molecule has 0 aromatic carbocycles. The Morgan fingerprint density at radius 1 is 1.26 bits per heavy atom. The molecular weight excluding hydrogens is 280 g/mol. The summed E-state index contributed by atoms with van der Waals surface area (Å²) in [6.07, 6.45) is 4.80. The number of nitrogens with zero attached hydrogens (tertiary/aromatic N) is 1. The van der Waals surface area contributed by atoms with E-state index in [1.165, 1.54) is 24.2 Å². The van der Waals surface area contributed by atoms with Crippen molar-refractivity contribution in [1.82, 2.24) is 10.2 Å². The number of amides is 1. The number of halogens is 1. The molecule has 19 heavy (non-hydrogen) atoms. The molecule has 1 N–H and O–H groups in total. The summed E-state index contributed by atoms with van der Waals surface area (Å²) in [5, 5.41) is 5.90. The molecule has 5 heteroatoms. The van der Waals surface area contributed by atoms with Gasteiger partial charge in [0.2, 0.25) is 0 Å². The first-order valence-electron chi connectivity index (χ1n) is 6.93. The van der Waals surface area contributed by atoms with Gasteiger partial charge in [0.1, 0.15) is 4.88 Å². The van der Waals surface area contributed by atoms with Gasteiger partial charge in [0.05, 0.1) is 5.02 Å². The van der Waals surface area contributed by atoms with Crippen LogP contribution < -0.4 is 5.32 Å². The quantitative estimate of drug-likeness (QED) is 0.864. The van der Waals surface area contributed by atoms with Crippen molar-refractivity contribution in [3.63, 3.8) is 0 Å². The highest BCUT2D eigenvalue weighted by molar-refractivity contribution is 7.12. The molecule has 104 valence electrons. The van der Waals surface area contributed by atoms with E-state index < -0.39 is 0 Å². The topological polar surface area (TPSA) is 32.3 Å². The van der Waals surface area contributed by atoms with Crippen LogP contribution in [0.15, 0.2) is 11.4 Å². The molecule has 2 fully saturated rings. The normalized spacial score (nSPS) is 22.7. The second-order valence-electron chi connectivity index (χ2n) is 5.64. The molecule has 1 aromatic rings. The molecule has 0 atom stereocenters. The zero-order valence-electron chi connectivity index (χ0n) is 11.0. The van der Waals surface area contributed by atoms with Gasteiger partial charge in [-0.2, -0.15) is 0 Å². The molecule has 0 unspecified atom stereocenters. The van der Waals surface area contributed by atoms with Crippen LogP contribution in [0.5, 0.6) is 0 Å². The highest BCUT2D eigenvalue weighted by Crippen LogP contribution is 2.40. The SMILES string of the molecule is O=C(c1sccc1Cl)N1CCC2(CCNCC2)CC1. The monoisotopic (exact) mass is 298 g/mol. The standard InChI is InChI=1S/C14H19ClN2OS/c15-11-1-10-19-12(11)13(18)17-8-4-14(5-9-17)2-6-16-7-3-14/h1,10,16H,2-9H2. The molecule has 0 saturated carbocycles. The van der Waals surface area contributed by atoms with Crippen LogP contribution in [-0.2, 0) is 0 Å². The van der Waals surface area contributed by atoms with Gasteiger partial charge in [0.25, 0.3) is 5.91 Å². The van der Waals surface area contributed by atoms with E-state index in [0.717, 1.165) is 39.0 Å². The van der Waals surface area contributed by atoms with Crippen molar-refractivity contribution >= 4 is 28.8 Å². The number of hydrogen-bond donors (Lipinski definition) is 1. The summed E-state index contributed by atoms with van der Waals surface area (Å²) in [7, 11) is 0. The Kier molecular flexibility index (Phi) is 3.83. The number of carbonyl (C=O) groups is 1. The molecule has 0 bridgehead atoms. The Morgan fingerprint density at radius 2 is 1.95 bits per heavy atom. The fourth-order valence-electron chi connectivity index (χ4n) is 3.23. The molecule has 2 saturated heterocycles. The van der Waals surface area contributed by atoms with Gasteiger partial charge in [-0.3, -0.25) is 4.79 Å². The average molecular weight is 299 g/mol. The van der Waals surface area contributed by atoms with Gasteiger partial charge in [0, 0.05) is 13.1 Å². The minimum atomic E-state index is 0.115. The minimum absolute atomic E-state index is 0.115. The summed E-state index contributed by atoms with van der Waals surface area (Å²) in [4.78, 5) is 15.1. The lowest BCUT2D eigenvalue weighted by molar-refractivity contribution is 0.0500. The average Bonchev–Trinajstić information content (AvgIpc) is 2.86. The van der Waals surface area contributed by atoms with Gasteiger partial charge in [0.15, 0.2) is 0 Å². The maximum atomic E-state index is 12.4. The highest BCUT2D eigenvalue weighted by Gasteiger charge is 2.37. The summed E-state index contributed by atoms with van der Waals surface area (Å²) in [5.41, 5.74) is 0.487. The van der Waals surface area contributed by atoms with Crippen molar-refractivity contribution in [3.05, 3.63) is 21.3 Å². The van der Waals surface area contributed by atoms with Crippen LogP contribution in [0.1, 0.15) is 35.4 Å². The number of hydrogen-bond acceptors (Lipinski definition) is 3. The zero-order chi connectivity index (χ0) is 13.3. The molecule has 3 heterocycles. The molecule has 0 aliphatic carbocycles. The summed E-state index contributed by atoms with van der Waals surface area (Å²) >= 11 is 7.50. The molecule has 1 amide bonds. The summed E-state index contributed by atoms with van der Waals surface area (Å²) in [5.74, 6) is 0.115. The van der Waals surface area contributed by atoms with E-state index in [-0.39, 0.29) is 5.91 Å². The molecule has 3 nitrogen and oxygen atoms in total. The molecule has 2 aliphatic rings. The summed E-state index contributed by atoms with van der Waals surface area (Å²) < 4.78 is 0. The Balaban J connectivity index is 1.64. The van der Waals surface area contributed by atoms with Gasteiger partial charge < -0.3 is 10.2 Å². The van der Waals surface area contributed by atoms with Crippen LogP contribution in [0, 0.1) is 5.41 Å². The lowest BCUT2D eigenvalue weighted by Gasteiger charge is -2.44. The number of nitrogens with one attached hydrogen (secondary N) is 1. The predicted molar refractivity (Wildman–Crippen MR) is 79.0 cm³/mol. The first-order valence-corrected chi connectivity index (χ1v) is 8.19. The Hall–Kier alpha value is -0.580. The number of piperidine rings is 2. The Labute approximate surface area is 122 Å². The molecule has 1 aromatic heterocycles. The molecule has 2 aliphatic heterocycles. The van der Waals surface area contributed by atoms with Crippen LogP contribution in [0.2, 0.25) is 5.02 Å². The van der Waals surface area contributed by atoms with Crippen LogP contribution in [-0.4, -0.2) is 37.0 Å². The third-order valence-electron chi connectivity index (χ3n) is 4.59. The van der Waals surface area contributed by atoms with Crippen LogP contribution in [0.3, 0.4) is 0 Å². The van der Waals surface area contributed by atoms with E-state index in [1.54, 1.807) is 6.07 Å². The first kappa shape index (κ1) is 13.4. The maximum absolute atomic E-state index is 12.4. The van der Waals surface area contributed by atoms with E-state index in [2.05, 4.69) is 5.32 Å². The van der Waals surface area contributed by atoms with Crippen LogP contribution >= 0.6 is 22.9 Å². The van der Waals surface area contributed by atoms with Crippen molar-refractivity contribution in [2.75, 3.05) is 26.2 Å². The number of thiophene rings is 1. The molecule has 0 radical (unpaired) electrons. The van der Waals surface area contributed by atoms with Crippen molar-refractivity contribution in [3.8, 4) is 0 Å². The zero-order valence-corrected chi connectivity index (χ0v) is 12.5. The molecule has 3 rings (SSSR count). The van der Waals surface area contributed by atoms with Crippen molar-refractivity contribution in [2.24, 2.45) is 5.41 Å². The predicted octanol–water partition coefficient (Wildman–Crippen LogP) is 3.01. The Bertz CT molecular complexity index is 458. The lowest BCUT2D eigenvalue weighted by atomic mass is 9.71. The van der Waals surface area contributed by atoms with Crippen LogP contribution in [0.4, 0.5) is 0 Å². The first-order chi connectivity index (χ1) is 9.20. The minimum Gasteiger partial charge on any atom is -0.338 e. The van der Waals surface area contributed by atoms with E-state index >= 15 is 0 Å². The van der Waals surface area contributed by atoms with E-state index in [4.69, 9.17) is 11.6 Å². The van der Waals surface area contributed by atoms with Gasteiger partial charge in [-0.1, -0.05) is 11.6 Å². The third kappa shape index (κ3) is 2.67. The van der Waals surface area contributed by atoms with E-state index in [9.17, 15) is 4.79 Å². The van der Waals surface area contributed by atoms with Gasteiger partial charge in [-0.05, 0) is 55.6 Å². The molecular formula is C14H19ClN2OS. The van der Waals surface area contributed by atoms with E-state index in [1.807, 2.05) is 10.3 Å². The van der Waals surface area contributed by atoms with Crippen LogP contribution in [0.25, 0.3) is 0 Å². The third-order valence-corrected chi connectivity index (χ3v) is 5.92. The summed E-state index contributed by atoms with van der Waals surface area (Å²) in [6.45, 7) is 4.02. The van der Waals surface area contributed by atoms with Gasteiger partial charge in [-0.15, -0.1) is 11.3 Å². The number of likely N-dealkylation sites (tertiary alicyclic amines) is 1. The summed E-state index contributed by atoms with van der Waals surface area (Å²) in [6, 6.07) is 1.80. The van der Waals surface area contributed by atoms with Gasteiger partial charge >= 0.3 is 0 Å². The van der Waals surface area contributed by atoms with Crippen molar-refractivity contribution < 1.29 is 4.79 Å². The van der Waals surface area contributed by atoms with Gasteiger partial charge in [-0.25, -0.2) is 0 Å². The fourth-order valence-corrected chi connectivity index (χ4v) is 4.33. The van der Waals surface area contributed by atoms with E-state index in [0.29, 0.717) is 15.3 Å². The number of rotatable bonds is 1. The second-order valence-corrected chi connectivity index (χ2v) is 6.96. The lowest BCUT2D eigenvalue weighted by Crippen LogP contribution is -2.47.